The van der Waals surface area contributed by atoms with Crippen molar-refractivity contribution in [1.82, 2.24) is 4.98 Å². The lowest BCUT2D eigenvalue weighted by atomic mass is 9.95. The SMILES string of the molecule is C=CCOC(=O)c1sc(N2C(=O)C(O)=C(C(=O)/C=C/c3ccccc3)C2c2ccc(OCC=C)cc2)nc1C. The highest BCUT2D eigenvalue weighted by Gasteiger charge is 2.45. The zero-order valence-electron chi connectivity index (χ0n) is 21.2. The van der Waals surface area contributed by atoms with Gasteiger partial charge in [0.25, 0.3) is 5.91 Å². The van der Waals surface area contributed by atoms with E-state index in [1.165, 1.54) is 17.1 Å². The maximum atomic E-state index is 13.4. The third kappa shape index (κ3) is 5.89. The fourth-order valence-electron chi connectivity index (χ4n) is 3.97. The summed E-state index contributed by atoms with van der Waals surface area (Å²) in [5, 5.41) is 11.1. The number of anilines is 1. The van der Waals surface area contributed by atoms with Crippen molar-refractivity contribution in [3.63, 3.8) is 0 Å². The molecule has 1 N–H and O–H groups in total. The molecule has 1 aliphatic rings. The molecular formula is C30H26N2O6S. The molecule has 1 amide bonds. The second kappa shape index (κ2) is 12.2. The number of hydrogen-bond donors (Lipinski definition) is 1. The van der Waals surface area contributed by atoms with Crippen LogP contribution < -0.4 is 9.64 Å². The van der Waals surface area contributed by atoms with Crippen LogP contribution in [0, 0.1) is 6.92 Å². The fraction of sp³-hybridized carbons (Fsp3) is 0.133. The standard InChI is InChI=1S/C30H26N2O6S/c1-4-17-37-22-14-12-21(13-15-22)25-24(23(33)16-11-20-9-7-6-8-10-20)26(34)28(35)32(25)30-31-19(3)27(39-30)29(36)38-18-5-2/h4-16,25,34H,1-2,17-18H2,3H3/b16-11+. The lowest BCUT2D eigenvalue weighted by molar-refractivity contribution is -0.117. The van der Waals surface area contributed by atoms with Crippen LogP contribution >= 0.6 is 11.3 Å². The minimum Gasteiger partial charge on any atom is -0.503 e. The first-order valence-electron chi connectivity index (χ1n) is 12.0. The molecule has 198 valence electrons. The Labute approximate surface area is 229 Å². The Balaban J connectivity index is 1.76. The average Bonchev–Trinajstić information content (AvgIpc) is 3.46. The summed E-state index contributed by atoms with van der Waals surface area (Å²) in [6.45, 7) is 9.12. The third-order valence-electron chi connectivity index (χ3n) is 5.77. The highest BCUT2D eigenvalue weighted by Crippen LogP contribution is 2.43. The van der Waals surface area contributed by atoms with E-state index in [4.69, 9.17) is 9.47 Å². The summed E-state index contributed by atoms with van der Waals surface area (Å²) in [6.07, 6.45) is 5.99. The Bertz CT molecular complexity index is 1470. The number of nitrogens with zero attached hydrogens (tertiary/aromatic N) is 2. The number of amides is 1. The average molecular weight is 543 g/mol. The van der Waals surface area contributed by atoms with E-state index >= 15 is 0 Å². The largest absolute Gasteiger partial charge is 0.503 e. The number of benzene rings is 2. The number of ketones is 1. The van der Waals surface area contributed by atoms with Crippen molar-refractivity contribution < 1.29 is 29.0 Å². The predicted molar refractivity (Wildman–Crippen MR) is 150 cm³/mol. The summed E-state index contributed by atoms with van der Waals surface area (Å²) in [5.74, 6) is -2.07. The molecular weight excluding hydrogens is 516 g/mol. The van der Waals surface area contributed by atoms with Gasteiger partial charge in [-0.3, -0.25) is 14.5 Å². The van der Waals surface area contributed by atoms with Gasteiger partial charge >= 0.3 is 5.97 Å². The number of thiazole rings is 1. The van der Waals surface area contributed by atoms with Crippen molar-refractivity contribution >= 4 is 40.2 Å². The summed E-state index contributed by atoms with van der Waals surface area (Å²) in [5.41, 5.74) is 1.58. The van der Waals surface area contributed by atoms with Gasteiger partial charge < -0.3 is 14.6 Å². The smallest absolute Gasteiger partial charge is 0.350 e. The molecule has 2 heterocycles. The van der Waals surface area contributed by atoms with Gasteiger partial charge in [0, 0.05) is 0 Å². The highest BCUT2D eigenvalue weighted by molar-refractivity contribution is 7.17. The zero-order chi connectivity index (χ0) is 27.9. The van der Waals surface area contributed by atoms with Gasteiger partial charge in [-0.05, 0) is 36.3 Å². The first-order chi connectivity index (χ1) is 18.8. The molecule has 0 bridgehead atoms. The number of hydrogen-bond acceptors (Lipinski definition) is 8. The topological polar surface area (TPSA) is 106 Å². The molecule has 1 aromatic heterocycles. The minimum absolute atomic E-state index is 0.0196. The number of carbonyl (C=O) groups excluding carboxylic acids is 3. The molecule has 1 aliphatic heterocycles. The number of allylic oxidation sites excluding steroid dienone is 1. The van der Waals surface area contributed by atoms with Gasteiger partial charge in [0.2, 0.25) is 0 Å². The Hall–Kier alpha value is -4.76. The van der Waals surface area contributed by atoms with E-state index < -0.39 is 29.5 Å². The third-order valence-corrected chi connectivity index (χ3v) is 6.91. The summed E-state index contributed by atoms with van der Waals surface area (Å²) in [7, 11) is 0. The first-order valence-corrected chi connectivity index (χ1v) is 12.8. The van der Waals surface area contributed by atoms with Gasteiger partial charge in [-0.15, -0.1) is 0 Å². The van der Waals surface area contributed by atoms with Crippen LogP contribution in [0.1, 0.15) is 32.5 Å². The van der Waals surface area contributed by atoms with Crippen LogP contribution in [0.4, 0.5) is 5.13 Å². The summed E-state index contributed by atoms with van der Waals surface area (Å²) < 4.78 is 10.7. The van der Waals surface area contributed by atoms with Gasteiger partial charge in [0.15, 0.2) is 16.7 Å². The van der Waals surface area contributed by atoms with Gasteiger partial charge in [-0.1, -0.05) is 85.2 Å². The van der Waals surface area contributed by atoms with Crippen molar-refractivity contribution in [1.29, 1.82) is 0 Å². The number of esters is 1. The number of rotatable bonds is 11. The van der Waals surface area contributed by atoms with Crippen LogP contribution in [-0.2, 0) is 14.3 Å². The van der Waals surface area contributed by atoms with E-state index in [2.05, 4.69) is 18.1 Å². The molecule has 0 saturated carbocycles. The Kier molecular flexibility index (Phi) is 8.53. The van der Waals surface area contributed by atoms with Crippen LogP contribution in [0.2, 0.25) is 0 Å². The van der Waals surface area contributed by atoms with Gasteiger partial charge in [0.1, 0.15) is 23.8 Å². The normalized spacial score (nSPS) is 15.1. The molecule has 2 aromatic carbocycles. The summed E-state index contributed by atoms with van der Waals surface area (Å²) >= 11 is 0.940. The number of aliphatic hydroxyl groups is 1. The molecule has 1 unspecified atom stereocenters. The van der Waals surface area contributed by atoms with Crippen molar-refractivity contribution in [2.75, 3.05) is 18.1 Å². The number of aryl methyl sites for hydroxylation is 1. The van der Waals surface area contributed by atoms with E-state index in [1.807, 2.05) is 30.3 Å². The van der Waals surface area contributed by atoms with Crippen LogP contribution in [-0.4, -0.2) is 41.0 Å². The monoisotopic (exact) mass is 542 g/mol. The quantitative estimate of drug-likeness (QED) is 0.193. The fourth-order valence-corrected chi connectivity index (χ4v) is 4.96. The molecule has 0 saturated heterocycles. The molecule has 0 radical (unpaired) electrons. The number of carbonyl (C=O) groups is 3. The second-order valence-corrected chi connectivity index (χ2v) is 9.39. The maximum Gasteiger partial charge on any atom is 0.350 e. The predicted octanol–water partition coefficient (Wildman–Crippen LogP) is 5.54. The van der Waals surface area contributed by atoms with Crippen molar-refractivity contribution in [2.45, 2.75) is 13.0 Å². The molecule has 3 aromatic rings. The molecule has 0 spiro atoms. The Morgan fingerprint density at radius 1 is 1.08 bits per heavy atom. The van der Waals surface area contributed by atoms with Crippen LogP contribution in [0.25, 0.3) is 6.08 Å². The molecule has 0 aliphatic carbocycles. The molecule has 1 atom stereocenters. The number of aliphatic hydroxyl groups excluding tert-OH is 1. The first kappa shape index (κ1) is 27.3. The molecule has 39 heavy (non-hydrogen) atoms. The van der Waals surface area contributed by atoms with Crippen molar-refractivity contribution in [3.8, 4) is 5.75 Å². The number of ether oxygens (including phenoxy) is 2. The molecule has 8 nitrogen and oxygen atoms in total. The Morgan fingerprint density at radius 3 is 2.44 bits per heavy atom. The van der Waals surface area contributed by atoms with Crippen LogP contribution in [0.3, 0.4) is 0 Å². The highest BCUT2D eigenvalue weighted by atomic mass is 32.1. The van der Waals surface area contributed by atoms with Gasteiger partial charge in [-0.2, -0.15) is 0 Å². The lowest BCUT2D eigenvalue weighted by Crippen LogP contribution is -2.30. The van der Waals surface area contributed by atoms with Crippen LogP contribution in [0.5, 0.6) is 5.75 Å². The molecule has 4 rings (SSSR count). The molecule has 0 fully saturated rings. The van der Waals surface area contributed by atoms with Crippen molar-refractivity contribution in [2.24, 2.45) is 0 Å². The van der Waals surface area contributed by atoms with Gasteiger partial charge in [-0.25, -0.2) is 9.78 Å². The van der Waals surface area contributed by atoms with E-state index in [0.29, 0.717) is 23.6 Å². The van der Waals surface area contributed by atoms with Gasteiger partial charge in [0.05, 0.1) is 17.3 Å². The van der Waals surface area contributed by atoms with E-state index in [9.17, 15) is 19.5 Å². The van der Waals surface area contributed by atoms with E-state index in [-0.39, 0.29) is 22.2 Å². The van der Waals surface area contributed by atoms with Crippen LogP contribution in [0.15, 0.2) is 97.3 Å². The van der Waals surface area contributed by atoms with E-state index in [0.717, 1.165) is 16.9 Å². The minimum atomic E-state index is -0.999. The summed E-state index contributed by atoms with van der Waals surface area (Å²) in [4.78, 5) is 45.2. The zero-order valence-corrected chi connectivity index (χ0v) is 22.0. The lowest BCUT2D eigenvalue weighted by Gasteiger charge is -2.24. The molecule has 9 heteroatoms. The van der Waals surface area contributed by atoms with Crippen molar-refractivity contribution in [3.05, 3.63) is 119 Å². The Morgan fingerprint density at radius 2 is 1.77 bits per heavy atom. The number of aromatic nitrogens is 1. The van der Waals surface area contributed by atoms with E-state index in [1.54, 1.807) is 43.3 Å². The maximum absolute atomic E-state index is 13.4. The second-order valence-electron chi connectivity index (χ2n) is 8.42. The summed E-state index contributed by atoms with van der Waals surface area (Å²) in [6, 6.07) is 15.0.